The van der Waals surface area contributed by atoms with Crippen LogP contribution in [-0.2, 0) is 9.59 Å². The van der Waals surface area contributed by atoms with Crippen LogP contribution < -0.4 is 15.8 Å². The summed E-state index contributed by atoms with van der Waals surface area (Å²) >= 11 is 0. The molecule has 2 rings (SSSR count). The molecule has 2 amide bonds. The van der Waals surface area contributed by atoms with Crippen LogP contribution in [0.5, 0.6) is 5.75 Å². The number of carbonyl (C=O) groups excluding carboxylic acids is 2. The monoisotopic (exact) mass is 277 g/mol. The van der Waals surface area contributed by atoms with E-state index in [0.29, 0.717) is 30.9 Å². The number of amides is 2. The lowest BCUT2D eigenvalue weighted by Gasteiger charge is -2.34. The molecule has 1 fully saturated rings. The molecule has 1 aliphatic rings. The van der Waals surface area contributed by atoms with Gasteiger partial charge in [-0.1, -0.05) is 6.92 Å². The predicted octanol–water partition coefficient (Wildman–Crippen LogP) is 0.385. The van der Waals surface area contributed by atoms with E-state index >= 15 is 0 Å². The maximum absolute atomic E-state index is 12.1. The molecule has 1 atom stereocenters. The van der Waals surface area contributed by atoms with Crippen molar-refractivity contribution in [2.75, 3.05) is 25.4 Å². The third-order valence-electron chi connectivity index (χ3n) is 3.28. The van der Waals surface area contributed by atoms with Gasteiger partial charge in [0.05, 0.1) is 0 Å². The number of nitrogens with one attached hydrogen (secondary N) is 1. The number of nitrogens with zero attached hydrogens (tertiary/aromatic N) is 1. The van der Waals surface area contributed by atoms with Crippen molar-refractivity contribution in [1.82, 2.24) is 10.2 Å². The normalized spacial score (nSPS) is 18.6. The van der Waals surface area contributed by atoms with Crippen molar-refractivity contribution in [3.63, 3.8) is 0 Å². The summed E-state index contributed by atoms with van der Waals surface area (Å²) in [5.74, 6) is 0.310. The molecule has 1 saturated heterocycles. The molecule has 1 aromatic carbocycles. The van der Waals surface area contributed by atoms with Gasteiger partial charge >= 0.3 is 0 Å². The number of ether oxygens (including phenoxy) is 1. The number of nitrogen functional groups attached to an aromatic ring is 1. The smallest absolute Gasteiger partial charge is 0.261 e. The Kier molecular flexibility index (Phi) is 4.45. The second kappa shape index (κ2) is 6.27. The molecule has 0 aliphatic carbocycles. The number of anilines is 1. The summed E-state index contributed by atoms with van der Waals surface area (Å²) in [4.78, 5) is 25.4. The number of rotatable bonds is 4. The van der Waals surface area contributed by atoms with Gasteiger partial charge in [0.15, 0.2) is 6.61 Å². The molecule has 0 spiro atoms. The number of benzene rings is 1. The first-order valence-corrected chi connectivity index (χ1v) is 6.67. The minimum Gasteiger partial charge on any atom is -0.484 e. The Hall–Kier alpha value is -2.24. The Morgan fingerprint density at radius 3 is 2.80 bits per heavy atom. The van der Waals surface area contributed by atoms with E-state index in [9.17, 15) is 9.59 Å². The molecule has 108 valence electrons. The summed E-state index contributed by atoms with van der Waals surface area (Å²) in [7, 11) is 0. The Balaban J connectivity index is 1.93. The molecule has 6 nitrogen and oxygen atoms in total. The van der Waals surface area contributed by atoms with Crippen LogP contribution in [0, 0.1) is 0 Å². The van der Waals surface area contributed by atoms with Crippen LogP contribution in [0.2, 0.25) is 0 Å². The van der Waals surface area contributed by atoms with Crippen LogP contribution in [0.3, 0.4) is 0 Å². The van der Waals surface area contributed by atoms with Gasteiger partial charge in [-0.25, -0.2) is 0 Å². The fraction of sp³-hybridized carbons (Fsp3) is 0.429. The number of hydrogen-bond acceptors (Lipinski definition) is 4. The maximum atomic E-state index is 12.1. The van der Waals surface area contributed by atoms with E-state index in [1.807, 2.05) is 6.92 Å². The highest BCUT2D eigenvalue weighted by Gasteiger charge is 2.31. The van der Waals surface area contributed by atoms with E-state index in [0.717, 1.165) is 0 Å². The predicted molar refractivity (Wildman–Crippen MR) is 75.2 cm³/mol. The van der Waals surface area contributed by atoms with E-state index < -0.39 is 6.04 Å². The van der Waals surface area contributed by atoms with Crippen LogP contribution in [0.4, 0.5) is 5.69 Å². The summed E-state index contributed by atoms with van der Waals surface area (Å²) in [6.07, 6.45) is 0.597. The van der Waals surface area contributed by atoms with Gasteiger partial charge in [0.25, 0.3) is 5.91 Å². The van der Waals surface area contributed by atoms with Gasteiger partial charge in [0, 0.05) is 18.8 Å². The zero-order valence-corrected chi connectivity index (χ0v) is 11.5. The number of carbonyl (C=O) groups is 2. The molecule has 0 radical (unpaired) electrons. The van der Waals surface area contributed by atoms with Gasteiger partial charge in [-0.3, -0.25) is 9.59 Å². The van der Waals surface area contributed by atoms with E-state index in [4.69, 9.17) is 10.5 Å². The van der Waals surface area contributed by atoms with Crippen molar-refractivity contribution in [2.24, 2.45) is 0 Å². The molecule has 0 saturated carbocycles. The van der Waals surface area contributed by atoms with Crippen molar-refractivity contribution in [1.29, 1.82) is 0 Å². The molecule has 1 unspecified atom stereocenters. The van der Waals surface area contributed by atoms with Crippen LogP contribution in [0.1, 0.15) is 13.3 Å². The van der Waals surface area contributed by atoms with Crippen molar-refractivity contribution in [3.8, 4) is 5.75 Å². The summed E-state index contributed by atoms with van der Waals surface area (Å²) in [5.41, 5.74) is 6.22. The van der Waals surface area contributed by atoms with E-state index in [2.05, 4.69) is 5.32 Å². The lowest BCUT2D eigenvalue weighted by molar-refractivity contribution is -0.144. The zero-order chi connectivity index (χ0) is 14.5. The molecule has 20 heavy (non-hydrogen) atoms. The van der Waals surface area contributed by atoms with Gasteiger partial charge in [-0.15, -0.1) is 0 Å². The molecular weight excluding hydrogens is 258 g/mol. The van der Waals surface area contributed by atoms with Crippen molar-refractivity contribution >= 4 is 17.5 Å². The third kappa shape index (κ3) is 3.20. The average molecular weight is 277 g/mol. The molecule has 1 heterocycles. The first kappa shape index (κ1) is 14.2. The van der Waals surface area contributed by atoms with Gasteiger partial charge < -0.3 is 20.7 Å². The van der Waals surface area contributed by atoms with E-state index in [1.54, 1.807) is 29.2 Å². The van der Waals surface area contributed by atoms with Gasteiger partial charge in [0.1, 0.15) is 11.8 Å². The SMILES string of the molecule is CCC1C(=O)NCCN1C(=O)COc1ccc(N)cc1. The summed E-state index contributed by atoms with van der Waals surface area (Å²) < 4.78 is 5.43. The fourth-order valence-corrected chi connectivity index (χ4v) is 2.21. The first-order chi connectivity index (χ1) is 9.61. The Bertz CT molecular complexity index is 487. The highest BCUT2D eigenvalue weighted by atomic mass is 16.5. The highest BCUT2D eigenvalue weighted by Crippen LogP contribution is 2.14. The average Bonchev–Trinajstić information content (AvgIpc) is 2.46. The largest absolute Gasteiger partial charge is 0.484 e. The highest BCUT2D eigenvalue weighted by molar-refractivity contribution is 5.89. The lowest BCUT2D eigenvalue weighted by Crippen LogP contribution is -2.57. The standard InChI is InChI=1S/C14H19N3O3/c1-2-12-14(19)16-7-8-17(12)13(18)9-20-11-5-3-10(15)4-6-11/h3-6,12H,2,7-9,15H2,1H3,(H,16,19). The first-order valence-electron chi connectivity index (χ1n) is 6.67. The van der Waals surface area contributed by atoms with Gasteiger partial charge in [-0.2, -0.15) is 0 Å². The van der Waals surface area contributed by atoms with E-state index in [-0.39, 0.29) is 18.4 Å². The molecule has 3 N–H and O–H groups in total. The van der Waals surface area contributed by atoms with Crippen molar-refractivity contribution in [2.45, 2.75) is 19.4 Å². The Morgan fingerprint density at radius 2 is 2.15 bits per heavy atom. The van der Waals surface area contributed by atoms with Gasteiger partial charge in [0.2, 0.25) is 5.91 Å². The lowest BCUT2D eigenvalue weighted by atomic mass is 10.1. The Labute approximate surface area is 117 Å². The van der Waals surface area contributed by atoms with Crippen molar-refractivity contribution in [3.05, 3.63) is 24.3 Å². The minimum atomic E-state index is -0.397. The maximum Gasteiger partial charge on any atom is 0.261 e. The Morgan fingerprint density at radius 1 is 1.45 bits per heavy atom. The number of piperazine rings is 1. The van der Waals surface area contributed by atoms with E-state index in [1.165, 1.54) is 0 Å². The van der Waals surface area contributed by atoms with Crippen LogP contribution in [-0.4, -0.2) is 42.5 Å². The molecule has 0 bridgehead atoms. The number of hydrogen-bond donors (Lipinski definition) is 2. The van der Waals surface area contributed by atoms with Crippen LogP contribution in [0.25, 0.3) is 0 Å². The fourth-order valence-electron chi connectivity index (χ4n) is 2.21. The van der Waals surface area contributed by atoms with Crippen LogP contribution in [0.15, 0.2) is 24.3 Å². The summed E-state index contributed by atoms with van der Waals surface area (Å²) in [6.45, 7) is 2.82. The summed E-state index contributed by atoms with van der Waals surface area (Å²) in [5, 5.41) is 2.76. The molecule has 6 heteroatoms. The summed E-state index contributed by atoms with van der Waals surface area (Å²) in [6, 6.07) is 6.45. The second-order valence-electron chi connectivity index (χ2n) is 4.66. The van der Waals surface area contributed by atoms with Crippen LogP contribution >= 0.6 is 0 Å². The molecule has 0 aromatic heterocycles. The van der Waals surface area contributed by atoms with Gasteiger partial charge in [-0.05, 0) is 30.7 Å². The topological polar surface area (TPSA) is 84.7 Å². The zero-order valence-electron chi connectivity index (χ0n) is 11.5. The molecule has 1 aromatic rings. The molecular formula is C14H19N3O3. The second-order valence-corrected chi connectivity index (χ2v) is 4.66. The number of nitrogens with two attached hydrogens (primary N) is 1. The van der Waals surface area contributed by atoms with Crippen molar-refractivity contribution < 1.29 is 14.3 Å². The quantitative estimate of drug-likeness (QED) is 0.779. The minimum absolute atomic E-state index is 0.0757. The molecule has 1 aliphatic heterocycles. The third-order valence-corrected chi connectivity index (χ3v) is 3.28.